The van der Waals surface area contributed by atoms with E-state index < -0.39 is 38.1 Å². The van der Waals surface area contributed by atoms with E-state index in [4.69, 9.17) is 8.23 Å². The van der Waals surface area contributed by atoms with Crippen LogP contribution < -0.4 is 0 Å². The molecule has 1 atom stereocenters. The van der Waals surface area contributed by atoms with Crippen molar-refractivity contribution in [3.63, 3.8) is 0 Å². The second kappa shape index (κ2) is 5.77. The normalized spacial score (nSPS) is 16.8. The van der Waals surface area contributed by atoms with Crippen LogP contribution in [0.5, 0.6) is 0 Å². The molecule has 0 bridgehead atoms. The summed E-state index contributed by atoms with van der Waals surface area (Å²) in [5.41, 5.74) is -5.81. The van der Waals surface area contributed by atoms with E-state index in [0.29, 0.717) is 0 Å². The largest absolute Gasteiger partial charge is 0.463 e. The molecule has 9 heteroatoms. The van der Waals surface area contributed by atoms with Crippen LogP contribution in [0.15, 0.2) is 0 Å². The van der Waals surface area contributed by atoms with Gasteiger partial charge in [-0.1, -0.05) is 0 Å². The number of halogens is 3. The van der Waals surface area contributed by atoms with Crippen LogP contribution in [0.4, 0.5) is 13.2 Å². The van der Waals surface area contributed by atoms with Gasteiger partial charge in [-0.2, -0.15) is 0 Å². The van der Waals surface area contributed by atoms with E-state index in [1.807, 2.05) is 13.1 Å². The molecule has 15 heavy (non-hydrogen) atoms. The van der Waals surface area contributed by atoms with Gasteiger partial charge in [0.2, 0.25) is 0 Å². The van der Waals surface area contributed by atoms with Gasteiger partial charge in [0.15, 0.2) is 24.0 Å². The Morgan fingerprint density at radius 3 is 1.93 bits per heavy atom. The Labute approximate surface area is 97.3 Å². The van der Waals surface area contributed by atoms with Crippen molar-refractivity contribution < 1.29 is 21.4 Å². The van der Waals surface area contributed by atoms with Gasteiger partial charge < -0.3 is 8.23 Å². The van der Waals surface area contributed by atoms with Crippen molar-refractivity contribution in [2.24, 2.45) is 0 Å². The van der Waals surface area contributed by atoms with Gasteiger partial charge in [0.05, 0.1) is 0 Å². The van der Waals surface area contributed by atoms with Crippen LogP contribution in [-0.2, 0) is 8.23 Å². The third-order valence-corrected chi connectivity index (χ3v) is 16.8. The van der Waals surface area contributed by atoms with E-state index in [-0.39, 0.29) is 10.5 Å². The lowest BCUT2D eigenvalue weighted by atomic mass is 10.2. The maximum atomic E-state index is 13.6. The summed E-state index contributed by atoms with van der Waals surface area (Å²) < 4.78 is 50.8. The quantitative estimate of drug-likeness (QED) is 0.615. The summed E-state index contributed by atoms with van der Waals surface area (Å²) in [5, 5.41) is 0. The molecule has 0 rings (SSSR count). The van der Waals surface area contributed by atoms with Crippen molar-refractivity contribution >= 4 is 37.4 Å². The molecule has 0 aromatic carbocycles. The van der Waals surface area contributed by atoms with Gasteiger partial charge in [0.25, 0.3) is 14.1 Å². The first-order chi connectivity index (χ1) is 6.63. The molecule has 0 saturated heterocycles. The van der Waals surface area contributed by atoms with Crippen LogP contribution in [-0.4, -0.2) is 48.6 Å². The lowest BCUT2D eigenvalue weighted by Crippen LogP contribution is -2.57. The van der Waals surface area contributed by atoms with E-state index in [2.05, 4.69) is 0 Å². The van der Waals surface area contributed by atoms with E-state index in [1.165, 1.54) is 0 Å². The summed E-state index contributed by atoms with van der Waals surface area (Å²) in [7, 11) is -5.24. The molecule has 0 aliphatic heterocycles. The van der Waals surface area contributed by atoms with E-state index in [1.54, 1.807) is 0 Å². The van der Waals surface area contributed by atoms with Crippen LogP contribution in [0.25, 0.3) is 0 Å². The molecule has 0 N–H and O–H groups in total. The van der Waals surface area contributed by atoms with E-state index in [0.717, 1.165) is 13.8 Å². The minimum atomic E-state index is -3.32. The van der Waals surface area contributed by atoms with Crippen LogP contribution in [0.2, 0.25) is 13.1 Å². The highest BCUT2D eigenvalue weighted by Crippen LogP contribution is 2.33. The van der Waals surface area contributed by atoms with Crippen molar-refractivity contribution in [3.05, 3.63) is 0 Å². The van der Waals surface area contributed by atoms with E-state index >= 15 is 0 Å². The predicted molar refractivity (Wildman–Crippen MR) is 66.8 cm³/mol. The Morgan fingerprint density at radius 2 is 1.67 bits per heavy atom. The van der Waals surface area contributed by atoms with Gasteiger partial charge in [-0.3, -0.25) is 0 Å². The molecule has 0 radical (unpaired) electrons. The molecule has 0 spiro atoms. The smallest absolute Gasteiger partial charge is 0.284 e. The Kier molecular flexibility index (Phi) is 5.99. The average Bonchev–Trinajstić information content (AvgIpc) is 2.02. The zero-order valence-corrected chi connectivity index (χ0v) is 15.5. The predicted octanol–water partition coefficient (Wildman–Crippen LogP) is -0.490. The Hall–Kier alpha value is 0.578. The monoisotopic (exact) mass is 292 g/mol. The second-order valence-corrected chi connectivity index (χ2v) is 14.8. The highest BCUT2D eigenvalue weighted by molar-refractivity contribution is 7.09. The van der Waals surface area contributed by atoms with E-state index in [9.17, 15) is 13.2 Å². The Bertz CT molecular complexity index is 197. The third kappa shape index (κ3) is 4.52. The molecule has 0 aromatic rings. The van der Waals surface area contributed by atoms with Crippen molar-refractivity contribution in [1.29, 1.82) is 0 Å². The van der Waals surface area contributed by atoms with Gasteiger partial charge in [0.1, 0.15) is 10.5 Å². The standard InChI is InChI=1S/C6H19F3O2Si4/c1-5(2,7)6(8,9)15(10-12)13-11-14(3)4/h14-15H,13H2,1-4,12H3. The lowest BCUT2D eigenvalue weighted by molar-refractivity contribution is -0.0605. The lowest BCUT2D eigenvalue weighted by Gasteiger charge is -2.32. The van der Waals surface area contributed by atoms with Crippen molar-refractivity contribution in [3.8, 4) is 0 Å². The first-order valence-electron chi connectivity index (χ1n) is 4.84. The summed E-state index contributed by atoms with van der Waals surface area (Å²) in [6.07, 6.45) is 0. The molecule has 2 nitrogen and oxygen atoms in total. The maximum absolute atomic E-state index is 13.6. The number of alkyl halides is 3. The molecule has 0 aliphatic carbocycles. The topological polar surface area (TPSA) is 18.5 Å². The highest BCUT2D eigenvalue weighted by Gasteiger charge is 2.55. The summed E-state index contributed by atoms with van der Waals surface area (Å²) in [6, 6.07) is 0. The van der Waals surface area contributed by atoms with Gasteiger partial charge in [0, 0.05) is 0 Å². The SMILES string of the molecule is C[SiH](C)O[SiH2][SiH](O[SiH3])C(F)(F)C(C)(C)F. The summed E-state index contributed by atoms with van der Waals surface area (Å²) in [6.45, 7) is 5.66. The number of hydrogen-bond acceptors (Lipinski definition) is 2. The van der Waals surface area contributed by atoms with Gasteiger partial charge in [-0.15, -0.1) is 0 Å². The van der Waals surface area contributed by atoms with Crippen molar-refractivity contribution in [1.82, 2.24) is 0 Å². The number of rotatable bonds is 6. The molecule has 1 unspecified atom stereocenters. The molecule has 0 aliphatic rings. The molecule has 0 aromatic heterocycles. The molecular weight excluding hydrogens is 273 g/mol. The zero-order chi connectivity index (χ0) is 12.3. The minimum Gasteiger partial charge on any atom is -0.463 e. The van der Waals surface area contributed by atoms with Crippen LogP contribution in [0, 0.1) is 0 Å². The van der Waals surface area contributed by atoms with Crippen LogP contribution in [0.1, 0.15) is 13.8 Å². The van der Waals surface area contributed by atoms with Gasteiger partial charge in [-0.05, 0) is 26.9 Å². The molecule has 0 fully saturated rings. The average molecular weight is 293 g/mol. The van der Waals surface area contributed by atoms with Crippen LogP contribution >= 0.6 is 0 Å². The zero-order valence-electron chi connectivity index (χ0n) is 9.81. The highest BCUT2D eigenvalue weighted by atomic mass is 29.2. The van der Waals surface area contributed by atoms with Gasteiger partial charge in [-0.25, -0.2) is 13.2 Å². The molecule has 92 valence electrons. The molecular formula is C6H19F3O2Si4. The fourth-order valence-corrected chi connectivity index (χ4v) is 14.3. The Morgan fingerprint density at radius 1 is 1.20 bits per heavy atom. The fraction of sp³-hybridized carbons (Fsp3) is 1.00. The van der Waals surface area contributed by atoms with Crippen molar-refractivity contribution in [2.75, 3.05) is 0 Å². The third-order valence-electron chi connectivity index (χ3n) is 2.06. The minimum absolute atomic E-state index is 0.232. The molecule has 0 amide bonds. The molecule has 0 heterocycles. The van der Waals surface area contributed by atoms with Crippen LogP contribution in [0.3, 0.4) is 0 Å². The second-order valence-electron chi connectivity index (χ2n) is 4.20. The molecule has 0 saturated carbocycles. The Balaban J connectivity index is 4.52. The maximum Gasteiger partial charge on any atom is 0.284 e. The summed E-state index contributed by atoms with van der Waals surface area (Å²) >= 11 is 0. The fourth-order valence-electron chi connectivity index (χ4n) is 0.983. The van der Waals surface area contributed by atoms with Gasteiger partial charge >= 0.3 is 0 Å². The summed E-state index contributed by atoms with van der Waals surface area (Å²) in [4.78, 5) is 0. The summed E-state index contributed by atoms with van der Waals surface area (Å²) in [5.74, 6) is 0. The first-order valence-corrected chi connectivity index (χ1v) is 13.3. The number of hydrogen-bond donors (Lipinski definition) is 0. The first kappa shape index (κ1) is 15.6. The van der Waals surface area contributed by atoms with Crippen molar-refractivity contribution in [2.45, 2.75) is 38.2 Å².